The molecule has 32 heavy (non-hydrogen) atoms. The molecule has 2 aromatic heterocycles. The molecule has 1 atom stereocenters. The lowest BCUT2D eigenvalue weighted by Gasteiger charge is -2.29. The van der Waals surface area contributed by atoms with Gasteiger partial charge in [-0.15, -0.1) is 0 Å². The van der Waals surface area contributed by atoms with Crippen LogP contribution in [0.3, 0.4) is 0 Å². The van der Waals surface area contributed by atoms with Gasteiger partial charge in [-0.05, 0) is 63.5 Å². The molecule has 10 nitrogen and oxygen atoms in total. The van der Waals surface area contributed by atoms with Crippen molar-refractivity contribution in [3.05, 3.63) is 41.1 Å². The Bertz CT molecular complexity index is 924. The number of anilines is 3. The number of hydrogen-bond donors (Lipinski definition) is 4. The Hall–Kier alpha value is -2.82. The number of piperidine rings is 1. The van der Waals surface area contributed by atoms with Gasteiger partial charge in [-0.3, -0.25) is 9.36 Å². The lowest BCUT2D eigenvalue weighted by molar-refractivity contribution is -0.120. The number of aliphatic hydroxyl groups is 1. The second-order valence-corrected chi connectivity index (χ2v) is 8.30. The summed E-state index contributed by atoms with van der Waals surface area (Å²) < 4.78 is 1.62. The number of nitrogens with two attached hydrogens (primary N) is 1. The molecule has 3 rings (SSSR count). The maximum atomic E-state index is 12.3. The summed E-state index contributed by atoms with van der Waals surface area (Å²) >= 11 is 0. The van der Waals surface area contributed by atoms with Crippen LogP contribution >= 0.6 is 0 Å². The summed E-state index contributed by atoms with van der Waals surface area (Å²) in [6.07, 6.45) is 7.32. The van der Waals surface area contributed by atoms with Crippen molar-refractivity contribution in [3.8, 4) is 0 Å². The number of hydrogen-bond acceptors (Lipinski definition) is 8. The van der Waals surface area contributed by atoms with Gasteiger partial charge in [0.25, 0.3) is 0 Å². The topological polar surface area (TPSA) is 138 Å². The Labute approximate surface area is 187 Å². The number of unbranched alkanes of at least 4 members (excludes halogenated alkanes) is 1. The quantitative estimate of drug-likeness (QED) is 0.401. The summed E-state index contributed by atoms with van der Waals surface area (Å²) in [5.74, 6) is 0.144. The van der Waals surface area contributed by atoms with E-state index < -0.39 is 5.92 Å². The van der Waals surface area contributed by atoms with Crippen molar-refractivity contribution in [1.29, 1.82) is 0 Å². The third-order valence-electron chi connectivity index (χ3n) is 5.64. The maximum absolute atomic E-state index is 12.3. The zero-order valence-electron chi connectivity index (χ0n) is 18.5. The molecule has 0 saturated carbocycles. The van der Waals surface area contributed by atoms with E-state index in [4.69, 9.17) is 10.8 Å². The second kappa shape index (κ2) is 11.7. The molecule has 0 aliphatic carbocycles. The van der Waals surface area contributed by atoms with Crippen LogP contribution in [0.1, 0.15) is 32.6 Å². The number of aryl methyl sites for hydroxylation is 1. The van der Waals surface area contributed by atoms with E-state index in [1.165, 1.54) is 6.20 Å². The molecule has 10 heteroatoms. The summed E-state index contributed by atoms with van der Waals surface area (Å²) in [7, 11) is 0. The second-order valence-electron chi connectivity index (χ2n) is 8.30. The first-order valence-electron chi connectivity index (χ1n) is 11.1. The van der Waals surface area contributed by atoms with Crippen molar-refractivity contribution in [3.63, 3.8) is 0 Å². The maximum Gasteiger partial charge on any atom is 0.349 e. The fraction of sp³-hybridized carbons (Fsp3) is 0.545. The fourth-order valence-corrected chi connectivity index (χ4v) is 3.48. The monoisotopic (exact) mass is 443 g/mol. The molecule has 0 aromatic carbocycles. The van der Waals surface area contributed by atoms with E-state index in [9.17, 15) is 9.59 Å². The van der Waals surface area contributed by atoms with Crippen LogP contribution in [0.5, 0.6) is 0 Å². The van der Waals surface area contributed by atoms with E-state index in [0.717, 1.165) is 45.3 Å². The zero-order valence-corrected chi connectivity index (χ0v) is 18.5. The van der Waals surface area contributed by atoms with Crippen LogP contribution in [0.2, 0.25) is 0 Å². The molecule has 0 spiro atoms. The van der Waals surface area contributed by atoms with Gasteiger partial charge in [0.1, 0.15) is 11.6 Å². The van der Waals surface area contributed by atoms with Gasteiger partial charge in [0.05, 0.1) is 24.4 Å². The first kappa shape index (κ1) is 23.8. The third kappa shape index (κ3) is 7.11. The predicted octanol–water partition coefficient (Wildman–Crippen LogP) is 1.15. The van der Waals surface area contributed by atoms with Crippen molar-refractivity contribution in [1.82, 2.24) is 19.4 Å². The van der Waals surface area contributed by atoms with Gasteiger partial charge >= 0.3 is 5.69 Å². The number of nitrogens with one attached hydrogen (secondary N) is 2. The number of nitrogens with zero attached hydrogens (tertiary/aromatic N) is 4. The van der Waals surface area contributed by atoms with Crippen LogP contribution in [0.4, 0.5) is 17.3 Å². The largest absolute Gasteiger partial charge is 0.396 e. The zero-order chi connectivity index (χ0) is 22.9. The number of aliphatic hydroxyl groups excluding tert-OH is 1. The average molecular weight is 444 g/mol. The Balaban J connectivity index is 1.45. The highest BCUT2D eigenvalue weighted by atomic mass is 16.3. The van der Waals surface area contributed by atoms with E-state index in [1.807, 2.05) is 0 Å². The van der Waals surface area contributed by atoms with Gasteiger partial charge in [0, 0.05) is 18.8 Å². The number of carbonyl (C=O) groups is 1. The van der Waals surface area contributed by atoms with Gasteiger partial charge < -0.3 is 26.4 Å². The summed E-state index contributed by atoms with van der Waals surface area (Å²) in [6, 6.07) is 5.46. The summed E-state index contributed by atoms with van der Waals surface area (Å²) in [6.45, 7) is 5.22. The lowest BCUT2D eigenvalue weighted by atomic mass is 10.1. The van der Waals surface area contributed by atoms with Gasteiger partial charge in [-0.25, -0.2) is 9.78 Å². The van der Waals surface area contributed by atoms with E-state index in [0.29, 0.717) is 29.9 Å². The SMILES string of the molecule is CC(CO)C(=O)Nc1ccc(Nc2ccn(CCCCN3CCC(N)CC3)c(=O)n2)nc1. The predicted molar refractivity (Wildman–Crippen MR) is 124 cm³/mol. The van der Waals surface area contributed by atoms with Crippen LogP contribution in [0, 0.1) is 5.92 Å². The third-order valence-corrected chi connectivity index (χ3v) is 5.64. The van der Waals surface area contributed by atoms with Gasteiger partial charge in [0.2, 0.25) is 5.91 Å². The van der Waals surface area contributed by atoms with Crippen LogP contribution in [-0.4, -0.2) is 62.7 Å². The van der Waals surface area contributed by atoms with Crippen LogP contribution < -0.4 is 22.1 Å². The number of likely N-dealkylation sites (tertiary alicyclic amines) is 1. The Morgan fingerprint density at radius 2 is 1.97 bits per heavy atom. The van der Waals surface area contributed by atoms with E-state index >= 15 is 0 Å². The molecule has 1 saturated heterocycles. The van der Waals surface area contributed by atoms with E-state index in [1.54, 1.807) is 35.9 Å². The molecule has 0 radical (unpaired) electrons. The number of amides is 1. The molecule has 1 amide bonds. The highest BCUT2D eigenvalue weighted by Crippen LogP contribution is 2.14. The summed E-state index contributed by atoms with van der Waals surface area (Å²) in [5, 5.41) is 14.7. The molecule has 174 valence electrons. The highest BCUT2D eigenvalue weighted by Gasteiger charge is 2.15. The minimum absolute atomic E-state index is 0.219. The fourth-order valence-electron chi connectivity index (χ4n) is 3.48. The normalized spacial score (nSPS) is 16.0. The molecule has 1 unspecified atom stereocenters. The van der Waals surface area contributed by atoms with Crippen molar-refractivity contribution in [2.75, 3.05) is 36.9 Å². The summed E-state index contributed by atoms with van der Waals surface area (Å²) in [4.78, 5) is 34.9. The van der Waals surface area contributed by atoms with Crippen LogP contribution in [0.15, 0.2) is 35.4 Å². The van der Waals surface area contributed by atoms with Crippen LogP contribution in [0.25, 0.3) is 0 Å². The van der Waals surface area contributed by atoms with E-state index in [2.05, 4.69) is 25.5 Å². The molecule has 1 aliphatic heterocycles. The molecule has 1 fully saturated rings. The van der Waals surface area contributed by atoms with Crippen molar-refractivity contribution < 1.29 is 9.90 Å². The van der Waals surface area contributed by atoms with Gasteiger partial charge in [0.15, 0.2) is 0 Å². The van der Waals surface area contributed by atoms with Crippen LogP contribution in [-0.2, 0) is 11.3 Å². The Morgan fingerprint density at radius 3 is 2.62 bits per heavy atom. The molecular formula is C22H33N7O3. The molecule has 3 heterocycles. The molecule has 5 N–H and O–H groups in total. The molecule has 0 bridgehead atoms. The standard InChI is InChI=1S/C22H33N7O3/c1-16(15-30)21(31)25-18-4-5-19(24-14-18)26-20-8-13-29(22(32)27-20)10-3-2-9-28-11-6-17(23)7-12-28/h4-5,8,13-14,16-17,30H,2-3,6-7,9-12,15,23H2,1H3,(H,25,31)(H,24,26,27,32). The highest BCUT2D eigenvalue weighted by molar-refractivity contribution is 5.92. The number of rotatable bonds is 10. The minimum Gasteiger partial charge on any atom is -0.396 e. The minimum atomic E-state index is -0.493. The van der Waals surface area contributed by atoms with Crippen molar-refractivity contribution in [2.24, 2.45) is 11.7 Å². The first-order chi connectivity index (χ1) is 15.4. The Morgan fingerprint density at radius 1 is 1.22 bits per heavy atom. The summed E-state index contributed by atoms with van der Waals surface area (Å²) in [5.41, 5.74) is 6.16. The molecular weight excluding hydrogens is 410 g/mol. The Kier molecular flexibility index (Phi) is 8.72. The molecule has 2 aromatic rings. The number of carbonyl (C=O) groups excluding carboxylic acids is 1. The van der Waals surface area contributed by atoms with Crippen molar-refractivity contribution >= 4 is 23.2 Å². The van der Waals surface area contributed by atoms with E-state index in [-0.39, 0.29) is 18.2 Å². The van der Waals surface area contributed by atoms with Crippen molar-refractivity contribution in [2.45, 2.75) is 45.2 Å². The number of aromatic nitrogens is 3. The number of pyridine rings is 1. The lowest BCUT2D eigenvalue weighted by Crippen LogP contribution is -2.40. The van der Waals surface area contributed by atoms with Gasteiger partial charge in [-0.1, -0.05) is 6.92 Å². The molecule has 1 aliphatic rings. The average Bonchev–Trinajstić information content (AvgIpc) is 2.79. The first-order valence-corrected chi connectivity index (χ1v) is 11.1. The van der Waals surface area contributed by atoms with Gasteiger partial charge in [-0.2, -0.15) is 4.98 Å². The smallest absolute Gasteiger partial charge is 0.349 e.